The van der Waals surface area contributed by atoms with E-state index in [4.69, 9.17) is 0 Å². The summed E-state index contributed by atoms with van der Waals surface area (Å²) in [5, 5.41) is 0. The Bertz CT molecular complexity index is 468. The minimum absolute atomic E-state index is 0.145. The van der Waals surface area contributed by atoms with Crippen LogP contribution >= 0.6 is 0 Å². The standard InChI is InChI=1S/C17H25FN2O/c1-14(2)7-8-17(21)20-11-9-19(10-12-20)13-15-5-3-4-6-16(15)18/h3-6,14H,7-13H2,1-2H3. The highest BCUT2D eigenvalue weighted by Crippen LogP contribution is 2.13. The molecule has 0 aromatic heterocycles. The van der Waals surface area contributed by atoms with E-state index in [1.54, 1.807) is 6.07 Å². The van der Waals surface area contributed by atoms with Crippen molar-refractivity contribution in [1.29, 1.82) is 0 Å². The van der Waals surface area contributed by atoms with Gasteiger partial charge in [0.2, 0.25) is 5.91 Å². The van der Waals surface area contributed by atoms with E-state index in [1.165, 1.54) is 6.07 Å². The number of nitrogens with zero attached hydrogens (tertiary/aromatic N) is 2. The molecule has 3 nitrogen and oxygen atoms in total. The predicted molar refractivity (Wildman–Crippen MR) is 82.3 cm³/mol. The summed E-state index contributed by atoms with van der Waals surface area (Å²) in [6, 6.07) is 6.91. The van der Waals surface area contributed by atoms with Crippen LogP contribution in [0.3, 0.4) is 0 Å². The molecule has 0 radical (unpaired) electrons. The number of benzene rings is 1. The molecule has 1 heterocycles. The lowest BCUT2D eigenvalue weighted by Crippen LogP contribution is -2.48. The van der Waals surface area contributed by atoms with Crippen LogP contribution in [0.15, 0.2) is 24.3 Å². The summed E-state index contributed by atoms with van der Waals surface area (Å²) in [7, 11) is 0. The third-order valence-corrected chi connectivity index (χ3v) is 4.01. The van der Waals surface area contributed by atoms with Gasteiger partial charge in [0.1, 0.15) is 5.82 Å². The molecule has 0 spiro atoms. The first kappa shape index (κ1) is 16.0. The summed E-state index contributed by atoms with van der Waals surface area (Å²) >= 11 is 0. The molecular formula is C17H25FN2O. The second kappa shape index (κ2) is 7.55. The summed E-state index contributed by atoms with van der Waals surface area (Å²) in [4.78, 5) is 16.2. The van der Waals surface area contributed by atoms with Crippen molar-refractivity contribution in [2.75, 3.05) is 26.2 Å². The molecule has 2 rings (SSSR count). The molecule has 1 aromatic rings. The maximum absolute atomic E-state index is 13.6. The lowest BCUT2D eigenvalue weighted by molar-refractivity contribution is -0.133. The molecule has 116 valence electrons. The first-order chi connectivity index (χ1) is 10.1. The van der Waals surface area contributed by atoms with Crippen molar-refractivity contribution in [3.05, 3.63) is 35.6 Å². The van der Waals surface area contributed by atoms with Crippen LogP contribution in [-0.2, 0) is 11.3 Å². The van der Waals surface area contributed by atoms with Gasteiger partial charge < -0.3 is 4.90 Å². The molecule has 0 atom stereocenters. The third kappa shape index (κ3) is 4.81. The largest absolute Gasteiger partial charge is 0.340 e. The molecule has 21 heavy (non-hydrogen) atoms. The highest BCUT2D eigenvalue weighted by Gasteiger charge is 2.21. The average molecular weight is 292 g/mol. The van der Waals surface area contributed by atoms with E-state index in [0.29, 0.717) is 18.9 Å². The quantitative estimate of drug-likeness (QED) is 0.833. The van der Waals surface area contributed by atoms with Crippen LogP contribution in [0.4, 0.5) is 4.39 Å². The van der Waals surface area contributed by atoms with Gasteiger partial charge in [-0.2, -0.15) is 0 Å². The Morgan fingerprint density at radius 1 is 1.19 bits per heavy atom. The number of carbonyl (C=O) groups excluding carboxylic acids is 1. The molecule has 1 fully saturated rings. The second-order valence-electron chi connectivity index (χ2n) is 6.18. The summed E-state index contributed by atoms with van der Waals surface area (Å²) in [5.41, 5.74) is 0.733. The molecule has 1 aromatic carbocycles. The van der Waals surface area contributed by atoms with E-state index in [1.807, 2.05) is 17.0 Å². The van der Waals surface area contributed by atoms with Gasteiger partial charge in [-0.15, -0.1) is 0 Å². The molecule has 1 saturated heterocycles. The molecular weight excluding hydrogens is 267 g/mol. The Morgan fingerprint density at radius 2 is 1.86 bits per heavy atom. The van der Waals surface area contributed by atoms with Crippen LogP contribution in [0.25, 0.3) is 0 Å². The Balaban J connectivity index is 1.78. The monoisotopic (exact) mass is 292 g/mol. The van der Waals surface area contributed by atoms with Gasteiger partial charge in [-0.05, 0) is 18.4 Å². The first-order valence-electron chi connectivity index (χ1n) is 7.80. The van der Waals surface area contributed by atoms with Gasteiger partial charge >= 0.3 is 0 Å². The Labute approximate surface area is 126 Å². The van der Waals surface area contributed by atoms with Crippen LogP contribution in [0.2, 0.25) is 0 Å². The van der Waals surface area contributed by atoms with Crippen LogP contribution < -0.4 is 0 Å². The van der Waals surface area contributed by atoms with Gasteiger partial charge in [0.25, 0.3) is 0 Å². The van der Waals surface area contributed by atoms with Crippen molar-refractivity contribution < 1.29 is 9.18 Å². The van der Waals surface area contributed by atoms with Gasteiger partial charge in [-0.3, -0.25) is 9.69 Å². The number of piperazine rings is 1. The Kier molecular flexibility index (Phi) is 5.74. The molecule has 0 saturated carbocycles. The normalized spacial score (nSPS) is 16.5. The predicted octanol–water partition coefficient (Wildman–Crippen LogP) is 2.91. The molecule has 0 unspecified atom stereocenters. The first-order valence-corrected chi connectivity index (χ1v) is 7.80. The summed E-state index contributed by atoms with van der Waals surface area (Å²) in [5.74, 6) is 0.679. The zero-order valence-corrected chi connectivity index (χ0v) is 13.0. The van der Waals surface area contributed by atoms with Crippen molar-refractivity contribution in [3.63, 3.8) is 0 Å². The highest BCUT2D eigenvalue weighted by atomic mass is 19.1. The molecule has 0 bridgehead atoms. The smallest absolute Gasteiger partial charge is 0.222 e. The molecule has 1 aliphatic heterocycles. The highest BCUT2D eigenvalue weighted by molar-refractivity contribution is 5.76. The third-order valence-electron chi connectivity index (χ3n) is 4.01. The number of amides is 1. The number of hydrogen-bond donors (Lipinski definition) is 0. The van der Waals surface area contributed by atoms with E-state index in [2.05, 4.69) is 18.7 Å². The van der Waals surface area contributed by atoms with Gasteiger partial charge in [0, 0.05) is 44.7 Å². The summed E-state index contributed by atoms with van der Waals surface area (Å²) in [6.45, 7) is 8.06. The topological polar surface area (TPSA) is 23.6 Å². The minimum Gasteiger partial charge on any atom is -0.340 e. The lowest BCUT2D eigenvalue weighted by atomic mass is 10.1. The lowest BCUT2D eigenvalue weighted by Gasteiger charge is -2.35. The van der Waals surface area contributed by atoms with Crippen LogP contribution in [0.5, 0.6) is 0 Å². The van der Waals surface area contributed by atoms with Gasteiger partial charge in [0.05, 0.1) is 0 Å². The van der Waals surface area contributed by atoms with E-state index >= 15 is 0 Å². The zero-order valence-electron chi connectivity index (χ0n) is 13.0. The Hall–Kier alpha value is -1.42. The maximum atomic E-state index is 13.6. The molecule has 4 heteroatoms. The van der Waals surface area contributed by atoms with Gasteiger partial charge in [-0.1, -0.05) is 32.0 Å². The fourth-order valence-electron chi connectivity index (χ4n) is 2.59. The van der Waals surface area contributed by atoms with E-state index in [-0.39, 0.29) is 11.7 Å². The molecule has 1 aliphatic rings. The van der Waals surface area contributed by atoms with Crippen molar-refractivity contribution in [2.45, 2.75) is 33.2 Å². The zero-order chi connectivity index (χ0) is 15.2. The van der Waals surface area contributed by atoms with Crippen molar-refractivity contribution in [2.24, 2.45) is 5.92 Å². The van der Waals surface area contributed by atoms with Gasteiger partial charge in [-0.25, -0.2) is 4.39 Å². The average Bonchev–Trinajstić information content (AvgIpc) is 2.48. The number of rotatable bonds is 5. The number of carbonyl (C=O) groups is 1. The number of hydrogen-bond acceptors (Lipinski definition) is 2. The van der Waals surface area contributed by atoms with Crippen LogP contribution in [0.1, 0.15) is 32.3 Å². The Morgan fingerprint density at radius 3 is 2.48 bits per heavy atom. The second-order valence-corrected chi connectivity index (χ2v) is 6.18. The van der Waals surface area contributed by atoms with E-state index in [9.17, 15) is 9.18 Å². The van der Waals surface area contributed by atoms with Gasteiger partial charge in [0.15, 0.2) is 0 Å². The molecule has 1 amide bonds. The van der Waals surface area contributed by atoms with Crippen molar-refractivity contribution in [3.8, 4) is 0 Å². The fourth-order valence-corrected chi connectivity index (χ4v) is 2.59. The summed E-state index contributed by atoms with van der Waals surface area (Å²) in [6.07, 6.45) is 1.60. The van der Waals surface area contributed by atoms with E-state index < -0.39 is 0 Å². The SMILES string of the molecule is CC(C)CCC(=O)N1CCN(Cc2ccccc2F)CC1. The van der Waals surface area contributed by atoms with E-state index in [0.717, 1.165) is 38.2 Å². The van der Waals surface area contributed by atoms with Crippen LogP contribution in [0, 0.1) is 11.7 Å². The van der Waals surface area contributed by atoms with Crippen molar-refractivity contribution in [1.82, 2.24) is 9.80 Å². The van der Waals surface area contributed by atoms with Crippen molar-refractivity contribution >= 4 is 5.91 Å². The number of halogens is 1. The fraction of sp³-hybridized carbons (Fsp3) is 0.588. The maximum Gasteiger partial charge on any atom is 0.222 e. The minimum atomic E-state index is -0.145. The summed E-state index contributed by atoms with van der Waals surface area (Å²) < 4.78 is 13.6. The van der Waals surface area contributed by atoms with Crippen LogP contribution in [-0.4, -0.2) is 41.9 Å². The molecule has 0 N–H and O–H groups in total. The molecule has 0 aliphatic carbocycles.